The van der Waals surface area contributed by atoms with Crippen LogP contribution in [0.2, 0.25) is 0 Å². The summed E-state index contributed by atoms with van der Waals surface area (Å²) in [5.41, 5.74) is -2.92. The maximum atomic E-state index is 12.6. The summed E-state index contributed by atoms with van der Waals surface area (Å²) in [7, 11) is 0.146. The summed E-state index contributed by atoms with van der Waals surface area (Å²) in [5.74, 6) is 0. The maximum Gasteiger partial charge on any atom is 0.417 e. The third kappa shape index (κ3) is 2.72. The highest BCUT2D eigenvalue weighted by Gasteiger charge is 2.39. The Morgan fingerprint density at radius 2 is 1.83 bits per heavy atom. The average molecular weight is 304 g/mol. The molecule has 0 aliphatic rings. The number of alkyl halides is 3. The van der Waals surface area contributed by atoms with Gasteiger partial charge in [-0.15, -0.1) is 0 Å². The van der Waals surface area contributed by atoms with E-state index < -0.39 is 41.9 Å². The van der Waals surface area contributed by atoms with E-state index in [-0.39, 0.29) is 0 Å². The summed E-state index contributed by atoms with van der Waals surface area (Å²) >= 11 is 0. The molecule has 0 unspecified atom stereocenters. The van der Waals surface area contributed by atoms with E-state index >= 15 is 0 Å². The van der Waals surface area contributed by atoms with E-state index in [4.69, 9.17) is 10.7 Å². The molecule has 10 heteroatoms. The molecule has 0 saturated heterocycles. The van der Waals surface area contributed by atoms with Crippen LogP contribution in [0.1, 0.15) is 11.1 Å². The van der Waals surface area contributed by atoms with Crippen molar-refractivity contribution in [1.82, 2.24) is 0 Å². The number of halogens is 4. The van der Waals surface area contributed by atoms with Gasteiger partial charge in [-0.25, -0.2) is 8.42 Å². The van der Waals surface area contributed by atoms with E-state index in [0.717, 1.165) is 6.92 Å². The topological polar surface area (TPSA) is 77.3 Å². The first-order chi connectivity index (χ1) is 7.96. The Bertz CT molecular complexity index is 612. The van der Waals surface area contributed by atoms with Gasteiger partial charge in [0, 0.05) is 22.3 Å². The van der Waals surface area contributed by atoms with Crippen LogP contribution < -0.4 is 0 Å². The largest absolute Gasteiger partial charge is 0.417 e. The molecule has 0 aliphatic carbocycles. The second-order valence-electron chi connectivity index (χ2n) is 3.28. The van der Waals surface area contributed by atoms with Gasteiger partial charge in [0.2, 0.25) is 0 Å². The summed E-state index contributed by atoms with van der Waals surface area (Å²) in [6.45, 7) is 0.892. The predicted molar refractivity (Wildman–Crippen MR) is 55.9 cm³/mol. The van der Waals surface area contributed by atoms with Gasteiger partial charge in [0.05, 0.1) is 10.5 Å². The molecule has 0 N–H and O–H groups in total. The number of nitro groups is 1. The van der Waals surface area contributed by atoms with Gasteiger partial charge in [-0.05, 0) is 13.0 Å². The summed E-state index contributed by atoms with van der Waals surface area (Å²) in [4.78, 5) is 8.28. The zero-order chi connectivity index (χ0) is 14.3. The third-order valence-corrected chi connectivity index (χ3v) is 3.60. The average Bonchev–Trinajstić information content (AvgIpc) is 2.12. The van der Waals surface area contributed by atoms with E-state index in [9.17, 15) is 31.7 Å². The van der Waals surface area contributed by atoms with Crippen molar-refractivity contribution in [2.24, 2.45) is 0 Å². The van der Waals surface area contributed by atoms with E-state index in [0.29, 0.717) is 12.1 Å². The normalized spacial score (nSPS) is 12.5. The lowest BCUT2D eigenvalue weighted by atomic mass is 10.1. The van der Waals surface area contributed by atoms with E-state index in [2.05, 4.69) is 0 Å². The lowest BCUT2D eigenvalue weighted by molar-refractivity contribution is -0.385. The van der Waals surface area contributed by atoms with Crippen molar-refractivity contribution in [3.05, 3.63) is 33.4 Å². The maximum absolute atomic E-state index is 12.6. The van der Waals surface area contributed by atoms with Crippen LogP contribution in [-0.2, 0) is 15.2 Å². The van der Waals surface area contributed by atoms with Gasteiger partial charge in [-0.1, -0.05) is 0 Å². The van der Waals surface area contributed by atoms with Gasteiger partial charge in [-0.3, -0.25) is 10.1 Å². The molecule has 0 atom stereocenters. The molecule has 18 heavy (non-hydrogen) atoms. The van der Waals surface area contributed by atoms with Crippen LogP contribution >= 0.6 is 10.7 Å². The summed E-state index contributed by atoms with van der Waals surface area (Å²) in [5, 5.41) is 10.5. The monoisotopic (exact) mass is 303 g/mol. The lowest BCUT2D eigenvalue weighted by Gasteiger charge is -2.12. The Morgan fingerprint density at radius 1 is 1.33 bits per heavy atom. The Labute approximate surface area is 104 Å². The third-order valence-electron chi connectivity index (χ3n) is 2.12. The Morgan fingerprint density at radius 3 is 2.17 bits per heavy atom. The molecular formula is C8H5ClF3NO4S. The molecule has 1 aromatic rings. The van der Waals surface area contributed by atoms with E-state index in [1.165, 1.54) is 0 Å². The number of rotatable bonds is 2. The van der Waals surface area contributed by atoms with Gasteiger partial charge in [-0.2, -0.15) is 13.2 Å². The van der Waals surface area contributed by atoms with Gasteiger partial charge in [0.15, 0.2) is 0 Å². The second kappa shape index (κ2) is 4.39. The van der Waals surface area contributed by atoms with Crippen LogP contribution in [0.4, 0.5) is 18.9 Å². The van der Waals surface area contributed by atoms with E-state index in [1.807, 2.05) is 0 Å². The van der Waals surface area contributed by atoms with Crippen molar-refractivity contribution in [2.75, 3.05) is 0 Å². The quantitative estimate of drug-likeness (QED) is 0.478. The van der Waals surface area contributed by atoms with Crippen LogP contribution in [0, 0.1) is 17.0 Å². The fraction of sp³-hybridized carbons (Fsp3) is 0.250. The number of nitrogens with zero attached hydrogens (tertiary/aromatic N) is 1. The van der Waals surface area contributed by atoms with Crippen LogP contribution in [0.15, 0.2) is 17.0 Å². The molecule has 0 saturated carbocycles. The first kappa shape index (κ1) is 14.7. The standard InChI is InChI=1S/C8H5ClF3NO4S/c1-4-6(13(14)15)3-2-5(8(10,11)12)7(4)18(9,16)17/h2-3H,1H3. The van der Waals surface area contributed by atoms with Gasteiger partial charge in [0.1, 0.15) is 4.90 Å². The van der Waals surface area contributed by atoms with Crippen LogP contribution in [0.25, 0.3) is 0 Å². The molecule has 0 fully saturated rings. The van der Waals surface area contributed by atoms with Crippen molar-refractivity contribution < 1.29 is 26.5 Å². The summed E-state index contributed by atoms with van der Waals surface area (Å²) in [6.07, 6.45) is -4.98. The van der Waals surface area contributed by atoms with Crippen molar-refractivity contribution in [2.45, 2.75) is 18.0 Å². The first-order valence-electron chi connectivity index (χ1n) is 4.26. The van der Waals surface area contributed by atoms with Gasteiger partial charge in [0.25, 0.3) is 14.7 Å². The fourth-order valence-corrected chi connectivity index (χ4v) is 2.93. The fourth-order valence-electron chi connectivity index (χ4n) is 1.42. The number of nitro benzene ring substituents is 1. The second-order valence-corrected chi connectivity index (χ2v) is 5.78. The highest BCUT2D eigenvalue weighted by molar-refractivity contribution is 8.13. The van der Waals surface area contributed by atoms with Crippen LogP contribution in [0.3, 0.4) is 0 Å². The van der Waals surface area contributed by atoms with Gasteiger partial charge < -0.3 is 0 Å². The molecule has 5 nitrogen and oxygen atoms in total. The molecule has 0 amide bonds. The van der Waals surface area contributed by atoms with E-state index in [1.54, 1.807) is 0 Å². The SMILES string of the molecule is Cc1c([N+](=O)[O-])ccc(C(F)(F)F)c1S(=O)(=O)Cl. The molecule has 0 aromatic heterocycles. The smallest absolute Gasteiger partial charge is 0.258 e. The highest BCUT2D eigenvalue weighted by Crippen LogP contribution is 2.39. The molecule has 0 heterocycles. The molecular weight excluding hydrogens is 299 g/mol. The minimum absolute atomic E-state index is 0.320. The first-order valence-corrected chi connectivity index (χ1v) is 6.57. The summed E-state index contributed by atoms with van der Waals surface area (Å²) in [6, 6.07) is 0.907. The van der Waals surface area contributed by atoms with Crippen molar-refractivity contribution in [1.29, 1.82) is 0 Å². The molecule has 100 valence electrons. The van der Waals surface area contributed by atoms with Gasteiger partial charge >= 0.3 is 6.18 Å². The Kier molecular flexibility index (Phi) is 3.59. The molecule has 0 radical (unpaired) electrons. The highest BCUT2D eigenvalue weighted by atomic mass is 35.7. The number of hydrogen-bond donors (Lipinski definition) is 0. The van der Waals surface area contributed by atoms with Crippen LogP contribution in [-0.4, -0.2) is 13.3 Å². The molecule has 0 aliphatic heterocycles. The molecule has 1 aromatic carbocycles. The number of hydrogen-bond acceptors (Lipinski definition) is 4. The zero-order valence-electron chi connectivity index (χ0n) is 8.66. The van der Waals surface area contributed by atoms with Crippen molar-refractivity contribution in [3.63, 3.8) is 0 Å². The van der Waals surface area contributed by atoms with Crippen molar-refractivity contribution in [3.8, 4) is 0 Å². The van der Waals surface area contributed by atoms with Crippen LogP contribution in [0.5, 0.6) is 0 Å². The Hall–Kier alpha value is -1.35. The number of benzene rings is 1. The molecule has 1 rings (SSSR count). The zero-order valence-corrected chi connectivity index (χ0v) is 10.2. The van der Waals surface area contributed by atoms with Crippen molar-refractivity contribution >= 4 is 25.4 Å². The summed E-state index contributed by atoms with van der Waals surface area (Å²) < 4.78 is 60.1. The Balaban J connectivity index is 3.80. The minimum atomic E-state index is -4.98. The predicted octanol–water partition coefficient (Wildman–Crippen LogP) is 2.85. The minimum Gasteiger partial charge on any atom is -0.258 e. The molecule has 0 spiro atoms. The molecule has 0 bridgehead atoms. The lowest BCUT2D eigenvalue weighted by Crippen LogP contribution is -2.13.